The molecule has 0 saturated heterocycles. The van der Waals surface area contributed by atoms with Crippen LogP contribution in [-0.2, 0) is 0 Å². The highest BCUT2D eigenvalue weighted by atomic mass is 79.9. The topological polar surface area (TPSA) is 24.9 Å². The smallest absolute Gasteiger partial charge is 0.129 e. The summed E-state index contributed by atoms with van der Waals surface area (Å²) in [5.41, 5.74) is 2.12. The molecule has 0 bridgehead atoms. The molecule has 0 unspecified atom stereocenters. The number of aromatic nitrogens is 1. The van der Waals surface area contributed by atoms with Gasteiger partial charge in [0, 0.05) is 12.2 Å². The fraction of sp³-hybridized carbons (Fsp3) is 0.267. The van der Waals surface area contributed by atoms with E-state index < -0.39 is 0 Å². The van der Waals surface area contributed by atoms with Crippen LogP contribution in [0.2, 0.25) is 0 Å². The van der Waals surface area contributed by atoms with Crippen molar-refractivity contribution in [2.75, 3.05) is 5.32 Å². The van der Waals surface area contributed by atoms with Gasteiger partial charge in [-0.1, -0.05) is 12.1 Å². The van der Waals surface area contributed by atoms with Crippen molar-refractivity contribution in [3.8, 4) is 0 Å². The van der Waals surface area contributed by atoms with Gasteiger partial charge >= 0.3 is 0 Å². The first-order chi connectivity index (χ1) is 9.22. The number of pyridine rings is 1. The van der Waals surface area contributed by atoms with E-state index >= 15 is 0 Å². The van der Waals surface area contributed by atoms with E-state index in [1.54, 1.807) is 18.3 Å². The van der Waals surface area contributed by atoms with E-state index in [4.69, 9.17) is 0 Å². The Bertz CT molecular complexity index is 582. The molecule has 0 spiro atoms. The van der Waals surface area contributed by atoms with Gasteiger partial charge in [-0.2, -0.15) is 0 Å². The predicted molar refractivity (Wildman–Crippen MR) is 77.7 cm³/mol. The summed E-state index contributed by atoms with van der Waals surface area (Å²) in [6, 6.07) is 11.3. The summed E-state index contributed by atoms with van der Waals surface area (Å²) in [5, 5.41) is 3.46. The lowest BCUT2D eigenvalue weighted by molar-refractivity contribution is 0.373. The van der Waals surface area contributed by atoms with E-state index in [9.17, 15) is 4.39 Å². The Balaban J connectivity index is 1.60. The summed E-state index contributed by atoms with van der Waals surface area (Å²) in [4.78, 5) is 4.18. The van der Waals surface area contributed by atoms with Gasteiger partial charge in [-0.3, -0.25) is 0 Å². The minimum absolute atomic E-state index is 0.149. The van der Waals surface area contributed by atoms with Gasteiger partial charge < -0.3 is 5.32 Å². The van der Waals surface area contributed by atoms with Crippen LogP contribution in [0.25, 0.3) is 0 Å². The minimum Gasteiger partial charge on any atom is -0.380 e. The summed E-state index contributed by atoms with van der Waals surface area (Å²) in [7, 11) is 0. The number of nitrogens with one attached hydrogen (secondary N) is 1. The molecule has 98 valence electrons. The van der Waals surface area contributed by atoms with Crippen molar-refractivity contribution < 1.29 is 4.39 Å². The number of halogens is 2. The molecule has 1 N–H and O–H groups in total. The molecule has 2 aromatic rings. The number of hydrogen-bond acceptors (Lipinski definition) is 2. The van der Waals surface area contributed by atoms with Crippen molar-refractivity contribution in [3.63, 3.8) is 0 Å². The van der Waals surface area contributed by atoms with E-state index in [0.29, 0.717) is 12.0 Å². The fourth-order valence-electron chi connectivity index (χ4n) is 2.48. The SMILES string of the molecule is Fc1cccc(C2CC(Nc3cccnc3Br)C2)c1. The van der Waals surface area contributed by atoms with Gasteiger partial charge in [-0.15, -0.1) is 0 Å². The average Bonchev–Trinajstić information content (AvgIpc) is 2.35. The third kappa shape index (κ3) is 2.78. The first kappa shape index (κ1) is 12.6. The zero-order valence-corrected chi connectivity index (χ0v) is 11.9. The standard InChI is InChI=1S/C15H14BrFN2/c16-15-14(5-2-6-18-15)19-13-8-11(9-13)10-3-1-4-12(17)7-10/h1-7,11,13,19H,8-9H2. The van der Waals surface area contributed by atoms with Crippen molar-refractivity contribution in [2.24, 2.45) is 0 Å². The van der Waals surface area contributed by atoms with Crippen LogP contribution in [0.4, 0.5) is 10.1 Å². The van der Waals surface area contributed by atoms with Gasteiger partial charge in [-0.05, 0) is 64.5 Å². The average molecular weight is 321 g/mol. The molecule has 2 nitrogen and oxygen atoms in total. The highest BCUT2D eigenvalue weighted by Crippen LogP contribution is 2.39. The second-order valence-electron chi connectivity index (χ2n) is 4.91. The molecule has 1 saturated carbocycles. The van der Waals surface area contributed by atoms with E-state index in [1.165, 1.54) is 6.07 Å². The van der Waals surface area contributed by atoms with Crippen LogP contribution in [0.15, 0.2) is 47.2 Å². The Morgan fingerprint density at radius 3 is 2.79 bits per heavy atom. The lowest BCUT2D eigenvalue weighted by Crippen LogP contribution is -2.34. The maximum Gasteiger partial charge on any atom is 0.129 e. The Morgan fingerprint density at radius 2 is 2.05 bits per heavy atom. The summed E-state index contributed by atoms with van der Waals surface area (Å²) < 4.78 is 14.0. The summed E-state index contributed by atoms with van der Waals surface area (Å²) in [6.45, 7) is 0. The quantitative estimate of drug-likeness (QED) is 0.851. The Kier molecular flexibility index (Phi) is 3.51. The Labute approximate surface area is 120 Å². The number of rotatable bonds is 3. The second-order valence-corrected chi connectivity index (χ2v) is 5.66. The molecular formula is C15H14BrFN2. The zero-order chi connectivity index (χ0) is 13.2. The fourth-order valence-corrected chi connectivity index (χ4v) is 2.85. The molecule has 0 aliphatic heterocycles. The molecule has 1 fully saturated rings. The Hall–Kier alpha value is -1.42. The van der Waals surface area contributed by atoms with E-state index in [-0.39, 0.29) is 5.82 Å². The maximum absolute atomic E-state index is 13.2. The van der Waals surface area contributed by atoms with Crippen LogP contribution in [0, 0.1) is 5.82 Å². The summed E-state index contributed by atoms with van der Waals surface area (Å²) in [6.07, 6.45) is 3.82. The normalized spacial score (nSPS) is 21.8. The molecule has 3 rings (SSSR count). The third-order valence-corrected chi connectivity index (χ3v) is 4.21. The first-order valence-electron chi connectivity index (χ1n) is 6.35. The van der Waals surface area contributed by atoms with Crippen molar-refractivity contribution in [1.82, 2.24) is 4.98 Å². The zero-order valence-electron chi connectivity index (χ0n) is 10.3. The van der Waals surface area contributed by atoms with Crippen LogP contribution >= 0.6 is 15.9 Å². The molecule has 0 radical (unpaired) electrons. The van der Waals surface area contributed by atoms with Crippen LogP contribution in [0.5, 0.6) is 0 Å². The van der Waals surface area contributed by atoms with Gasteiger partial charge in [0.15, 0.2) is 0 Å². The molecule has 1 aliphatic rings. The number of nitrogens with zero attached hydrogens (tertiary/aromatic N) is 1. The highest BCUT2D eigenvalue weighted by molar-refractivity contribution is 9.10. The third-order valence-electron chi connectivity index (χ3n) is 3.58. The predicted octanol–water partition coefficient (Wildman–Crippen LogP) is 4.34. The molecule has 1 heterocycles. The number of benzene rings is 1. The molecule has 0 atom stereocenters. The van der Waals surface area contributed by atoms with Crippen molar-refractivity contribution >= 4 is 21.6 Å². The Morgan fingerprint density at radius 1 is 1.21 bits per heavy atom. The second kappa shape index (κ2) is 5.29. The molecule has 4 heteroatoms. The molecule has 1 aliphatic carbocycles. The van der Waals surface area contributed by atoms with Crippen molar-refractivity contribution in [2.45, 2.75) is 24.8 Å². The lowest BCUT2D eigenvalue weighted by Gasteiger charge is -2.37. The highest BCUT2D eigenvalue weighted by Gasteiger charge is 2.30. The molecular weight excluding hydrogens is 307 g/mol. The number of anilines is 1. The van der Waals surface area contributed by atoms with Crippen molar-refractivity contribution in [1.29, 1.82) is 0 Å². The first-order valence-corrected chi connectivity index (χ1v) is 7.14. The summed E-state index contributed by atoms with van der Waals surface area (Å²) >= 11 is 3.42. The summed E-state index contributed by atoms with van der Waals surface area (Å²) in [5.74, 6) is 0.313. The lowest BCUT2D eigenvalue weighted by atomic mass is 9.76. The molecule has 0 amide bonds. The van der Waals surface area contributed by atoms with Crippen LogP contribution in [0.3, 0.4) is 0 Å². The van der Waals surface area contributed by atoms with Crippen LogP contribution < -0.4 is 5.32 Å². The van der Waals surface area contributed by atoms with Crippen molar-refractivity contribution in [3.05, 3.63) is 58.6 Å². The van der Waals surface area contributed by atoms with Crippen LogP contribution in [0.1, 0.15) is 24.3 Å². The monoisotopic (exact) mass is 320 g/mol. The molecule has 1 aromatic carbocycles. The van der Waals surface area contributed by atoms with Gasteiger partial charge in [0.1, 0.15) is 10.4 Å². The van der Waals surface area contributed by atoms with Gasteiger partial charge in [0.05, 0.1) is 5.69 Å². The van der Waals surface area contributed by atoms with E-state index in [0.717, 1.165) is 28.7 Å². The van der Waals surface area contributed by atoms with Gasteiger partial charge in [0.2, 0.25) is 0 Å². The largest absolute Gasteiger partial charge is 0.380 e. The van der Waals surface area contributed by atoms with Gasteiger partial charge in [-0.25, -0.2) is 9.37 Å². The van der Waals surface area contributed by atoms with E-state index in [2.05, 4.69) is 26.2 Å². The molecule has 19 heavy (non-hydrogen) atoms. The maximum atomic E-state index is 13.2. The minimum atomic E-state index is -0.149. The van der Waals surface area contributed by atoms with Crippen LogP contribution in [-0.4, -0.2) is 11.0 Å². The number of hydrogen-bond donors (Lipinski definition) is 1. The molecule has 1 aromatic heterocycles. The van der Waals surface area contributed by atoms with E-state index in [1.807, 2.05) is 18.2 Å². The van der Waals surface area contributed by atoms with Gasteiger partial charge in [0.25, 0.3) is 0 Å².